The molecule has 2 rings (SSSR count). The second kappa shape index (κ2) is 6.57. The molecule has 2 aliphatic carbocycles. The molecule has 3 nitrogen and oxygen atoms in total. The van der Waals surface area contributed by atoms with Crippen molar-refractivity contribution < 1.29 is 8.42 Å². The monoisotopic (exact) mass is 287 g/mol. The number of nitrogens with one attached hydrogen (secondary N) is 1. The Hall–Kier alpha value is -0.0900. The Bertz CT molecular complexity index is 374. The van der Waals surface area contributed by atoms with E-state index in [0.29, 0.717) is 5.92 Å². The van der Waals surface area contributed by atoms with Crippen molar-refractivity contribution in [3.8, 4) is 0 Å². The van der Waals surface area contributed by atoms with Gasteiger partial charge in [0.1, 0.15) is 0 Å². The second-order valence-corrected chi connectivity index (χ2v) is 8.85. The normalized spacial score (nSPS) is 33.7. The Morgan fingerprint density at radius 1 is 1.11 bits per heavy atom. The quantitative estimate of drug-likeness (QED) is 0.845. The van der Waals surface area contributed by atoms with Gasteiger partial charge in [-0.25, -0.2) is 8.42 Å². The maximum atomic E-state index is 12.9. The van der Waals surface area contributed by atoms with Crippen molar-refractivity contribution in [3.63, 3.8) is 0 Å². The van der Waals surface area contributed by atoms with Crippen molar-refractivity contribution in [2.45, 2.75) is 81.3 Å². The van der Waals surface area contributed by atoms with Crippen LogP contribution < -0.4 is 5.32 Å². The third-order valence-corrected chi connectivity index (χ3v) is 7.92. The fourth-order valence-electron chi connectivity index (χ4n) is 4.04. The summed E-state index contributed by atoms with van der Waals surface area (Å²) in [6.45, 7) is 2.20. The van der Waals surface area contributed by atoms with E-state index in [0.717, 1.165) is 38.5 Å². The zero-order valence-electron chi connectivity index (χ0n) is 12.4. The first-order valence-corrected chi connectivity index (χ1v) is 9.60. The fraction of sp³-hybridized carbons (Fsp3) is 1.00. The van der Waals surface area contributed by atoms with E-state index in [4.69, 9.17) is 0 Å². The topological polar surface area (TPSA) is 46.2 Å². The van der Waals surface area contributed by atoms with E-state index in [2.05, 4.69) is 12.2 Å². The molecule has 19 heavy (non-hydrogen) atoms. The Kier molecular flexibility index (Phi) is 5.29. The highest BCUT2D eigenvalue weighted by Gasteiger charge is 2.42. The van der Waals surface area contributed by atoms with Gasteiger partial charge in [-0.2, -0.15) is 0 Å². The summed E-state index contributed by atoms with van der Waals surface area (Å²) in [6.07, 6.45) is 9.45. The van der Waals surface area contributed by atoms with Gasteiger partial charge in [-0.05, 0) is 45.1 Å². The molecular weight excluding hydrogens is 258 g/mol. The maximum Gasteiger partial charge on any atom is 0.157 e. The number of rotatable bonds is 5. The zero-order valence-corrected chi connectivity index (χ0v) is 13.2. The van der Waals surface area contributed by atoms with E-state index < -0.39 is 9.84 Å². The van der Waals surface area contributed by atoms with Crippen LogP contribution in [0.2, 0.25) is 0 Å². The molecule has 0 radical (unpaired) electrons. The van der Waals surface area contributed by atoms with Crippen LogP contribution in [0, 0.1) is 5.92 Å². The van der Waals surface area contributed by atoms with Crippen LogP contribution in [0.5, 0.6) is 0 Å². The summed E-state index contributed by atoms with van der Waals surface area (Å²) in [7, 11) is -1.02. The van der Waals surface area contributed by atoms with Gasteiger partial charge in [0.25, 0.3) is 0 Å². The molecule has 0 saturated heterocycles. The average Bonchev–Trinajstić information content (AvgIpc) is 2.93. The first-order chi connectivity index (χ1) is 9.09. The van der Waals surface area contributed by atoms with E-state index in [-0.39, 0.29) is 16.5 Å². The summed E-state index contributed by atoms with van der Waals surface area (Å²) in [5.41, 5.74) is 0. The summed E-state index contributed by atoms with van der Waals surface area (Å²) >= 11 is 0. The molecule has 0 amide bonds. The molecule has 0 heterocycles. The van der Waals surface area contributed by atoms with E-state index in [9.17, 15) is 8.42 Å². The number of hydrogen-bond acceptors (Lipinski definition) is 3. The molecule has 3 atom stereocenters. The minimum atomic E-state index is -2.94. The standard InChI is InChI=1S/C15H29NO2S/c1-3-6-12-9-10-14(16-2)15(11-12)19(17,18)13-7-4-5-8-13/h12-16H,3-11H2,1-2H3. The smallest absolute Gasteiger partial charge is 0.157 e. The lowest BCUT2D eigenvalue weighted by atomic mass is 9.83. The Morgan fingerprint density at radius 3 is 2.37 bits per heavy atom. The lowest BCUT2D eigenvalue weighted by molar-refractivity contribution is 0.287. The van der Waals surface area contributed by atoms with Gasteiger partial charge in [0.15, 0.2) is 9.84 Å². The van der Waals surface area contributed by atoms with Crippen LogP contribution in [-0.4, -0.2) is 32.0 Å². The fourth-order valence-corrected chi connectivity index (χ4v) is 6.79. The first kappa shape index (κ1) is 15.3. The first-order valence-electron chi connectivity index (χ1n) is 7.99. The SMILES string of the molecule is CCCC1CCC(NC)C(S(=O)(=O)C2CCCC2)C1. The van der Waals surface area contributed by atoms with Crippen molar-refractivity contribution in [1.82, 2.24) is 5.32 Å². The summed E-state index contributed by atoms with van der Waals surface area (Å²) in [5, 5.41) is 3.09. The predicted molar refractivity (Wildman–Crippen MR) is 80.1 cm³/mol. The molecule has 2 fully saturated rings. The van der Waals surface area contributed by atoms with Crippen molar-refractivity contribution in [3.05, 3.63) is 0 Å². The maximum absolute atomic E-state index is 12.9. The molecule has 0 aliphatic heterocycles. The molecule has 2 saturated carbocycles. The van der Waals surface area contributed by atoms with E-state index in [1.54, 1.807) is 0 Å². The molecular formula is C15H29NO2S. The lowest BCUT2D eigenvalue weighted by Gasteiger charge is -2.37. The van der Waals surface area contributed by atoms with Gasteiger partial charge in [0.05, 0.1) is 10.5 Å². The zero-order chi connectivity index (χ0) is 13.9. The molecule has 2 aliphatic rings. The highest BCUT2D eigenvalue weighted by molar-refractivity contribution is 7.92. The minimum Gasteiger partial charge on any atom is -0.316 e. The van der Waals surface area contributed by atoms with E-state index in [1.165, 1.54) is 19.3 Å². The van der Waals surface area contributed by atoms with Crippen molar-refractivity contribution >= 4 is 9.84 Å². The van der Waals surface area contributed by atoms with Gasteiger partial charge in [-0.15, -0.1) is 0 Å². The number of hydrogen-bond donors (Lipinski definition) is 1. The number of sulfone groups is 1. The van der Waals surface area contributed by atoms with Gasteiger partial charge >= 0.3 is 0 Å². The summed E-state index contributed by atoms with van der Waals surface area (Å²) in [5.74, 6) is 0.621. The highest BCUT2D eigenvalue weighted by atomic mass is 32.2. The van der Waals surface area contributed by atoms with Gasteiger partial charge in [-0.3, -0.25) is 0 Å². The molecule has 0 aromatic rings. The Balaban J connectivity index is 2.12. The van der Waals surface area contributed by atoms with Gasteiger partial charge < -0.3 is 5.32 Å². The highest BCUT2D eigenvalue weighted by Crippen LogP contribution is 2.36. The van der Waals surface area contributed by atoms with Gasteiger partial charge in [0.2, 0.25) is 0 Å². The van der Waals surface area contributed by atoms with E-state index in [1.807, 2.05) is 7.05 Å². The van der Waals surface area contributed by atoms with Crippen molar-refractivity contribution in [2.24, 2.45) is 5.92 Å². The molecule has 3 unspecified atom stereocenters. The summed E-state index contributed by atoms with van der Waals surface area (Å²) in [4.78, 5) is 0. The largest absolute Gasteiger partial charge is 0.316 e. The van der Waals surface area contributed by atoms with Crippen molar-refractivity contribution in [2.75, 3.05) is 7.05 Å². The predicted octanol–water partition coefficient (Wildman–Crippen LogP) is 2.90. The van der Waals surface area contributed by atoms with E-state index >= 15 is 0 Å². The summed E-state index contributed by atoms with van der Waals surface area (Å²) < 4.78 is 25.7. The third-order valence-electron chi connectivity index (χ3n) is 5.16. The molecule has 4 heteroatoms. The van der Waals surface area contributed by atoms with Crippen LogP contribution in [-0.2, 0) is 9.84 Å². The van der Waals surface area contributed by atoms with Gasteiger partial charge in [0, 0.05) is 6.04 Å². The summed E-state index contributed by atoms with van der Waals surface area (Å²) in [6, 6.07) is 0.179. The molecule has 0 aromatic carbocycles. The van der Waals surface area contributed by atoms with Crippen LogP contribution in [0.3, 0.4) is 0 Å². The molecule has 0 spiro atoms. The van der Waals surface area contributed by atoms with Crippen molar-refractivity contribution in [1.29, 1.82) is 0 Å². The Labute approximate surface area is 118 Å². The average molecular weight is 287 g/mol. The third kappa shape index (κ3) is 3.33. The second-order valence-electron chi connectivity index (χ2n) is 6.40. The molecule has 0 aromatic heterocycles. The van der Waals surface area contributed by atoms with Crippen LogP contribution in [0.1, 0.15) is 64.7 Å². The van der Waals surface area contributed by atoms with Crippen LogP contribution >= 0.6 is 0 Å². The lowest BCUT2D eigenvalue weighted by Crippen LogP contribution is -2.49. The van der Waals surface area contributed by atoms with Gasteiger partial charge in [-0.1, -0.05) is 32.6 Å². The van der Waals surface area contributed by atoms with Crippen LogP contribution in [0.15, 0.2) is 0 Å². The molecule has 1 N–H and O–H groups in total. The molecule has 112 valence electrons. The van der Waals surface area contributed by atoms with Crippen LogP contribution in [0.25, 0.3) is 0 Å². The van der Waals surface area contributed by atoms with Crippen LogP contribution in [0.4, 0.5) is 0 Å². The Morgan fingerprint density at radius 2 is 1.79 bits per heavy atom. The molecule has 0 bridgehead atoms. The minimum absolute atomic E-state index is 0.0475.